The van der Waals surface area contributed by atoms with E-state index in [4.69, 9.17) is 9.47 Å². The molecule has 1 saturated carbocycles. The molecule has 2 fully saturated rings. The van der Waals surface area contributed by atoms with Gasteiger partial charge in [0.1, 0.15) is 5.60 Å². The average molecular weight is 296 g/mol. The van der Waals surface area contributed by atoms with Gasteiger partial charge in [0.15, 0.2) is 5.78 Å². The number of rotatable bonds is 4. The van der Waals surface area contributed by atoms with Crippen LogP contribution in [0.2, 0.25) is 0 Å². The van der Waals surface area contributed by atoms with E-state index in [0.29, 0.717) is 12.5 Å². The largest absolute Gasteiger partial charge is 0.369 e. The number of hydrogen-bond acceptors (Lipinski definition) is 3. The first-order chi connectivity index (χ1) is 9.62. The molecular weight excluding hydrogens is 264 g/mol. The zero-order valence-electron chi connectivity index (χ0n) is 14.6. The SMILES string of the molecule is CCOC1(C(=O)C2CC(C)(C)OC2(C)C)CCC(C)CC1. The molecule has 122 valence electrons. The zero-order valence-corrected chi connectivity index (χ0v) is 14.6. The van der Waals surface area contributed by atoms with Gasteiger partial charge in [-0.3, -0.25) is 4.79 Å². The van der Waals surface area contributed by atoms with Crippen molar-refractivity contribution in [1.29, 1.82) is 0 Å². The van der Waals surface area contributed by atoms with Crippen molar-refractivity contribution in [2.45, 2.75) is 90.4 Å². The van der Waals surface area contributed by atoms with Crippen molar-refractivity contribution in [2.75, 3.05) is 6.61 Å². The summed E-state index contributed by atoms with van der Waals surface area (Å²) in [5, 5.41) is 0. The maximum Gasteiger partial charge on any atom is 0.170 e. The average Bonchev–Trinajstić information content (AvgIpc) is 2.60. The maximum atomic E-state index is 13.3. The lowest BCUT2D eigenvalue weighted by Crippen LogP contribution is -2.51. The fourth-order valence-electron chi connectivity index (χ4n) is 4.25. The predicted molar refractivity (Wildman–Crippen MR) is 84.3 cm³/mol. The molecule has 1 unspecified atom stereocenters. The Morgan fingerprint density at radius 3 is 2.19 bits per heavy atom. The molecule has 0 N–H and O–H groups in total. The lowest BCUT2D eigenvalue weighted by atomic mass is 9.70. The normalized spacial score (nSPS) is 38.4. The van der Waals surface area contributed by atoms with Crippen molar-refractivity contribution in [3.63, 3.8) is 0 Å². The summed E-state index contributed by atoms with van der Waals surface area (Å²) in [7, 11) is 0. The van der Waals surface area contributed by atoms with Gasteiger partial charge in [-0.1, -0.05) is 6.92 Å². The van der Waals surface area contributed by atoms with E-state index in [1.54, 1.807) is 0 Å². The number of carbonyl (C=O) groups is 1. The maximum absolute atomic E-state index is 13.3. The molecule has 21 heavy (non-hydrogen) atoms. The smallest absolute Gasteiger partial charge is 0.170 e. The molecule has 0 radical (unpaired) electrons. The molecule has 1 saturated heterocycles. The zero-order chi connectivity index (χ0) is 15.9. The van der Waals surface area contributed by atoms with Gasteiger partial charge in [0.05, 0.1) is 17.1 Å². The quantitative estimate of drug-likeness (QED) is 0.782. The Hall–Kier alpha value is -0.410. The van der Waals surface area contributed by atoms with Crippen LogP contribution in [0.15, 0.2) is 0 Å². The Morgan fingerprint density at radius 2 is 1.76 bits per heavy atom. The highest BCUT2D eigenvalue weighted by Gasteiger charge is 2.55. The molecule has 0 bridgehead atoms. The van der Waals surface area contributed by atoms with E-state index in [-0.39, 0.29) is 17.3 Å². The third-order valence-corrected chi connectivity index (χ3v) is 5.34. The summed E-state index contributed by atoms with van der Waals surface area (Å²) in [6.07, 6.45) is 4.71. The molecular formula is C18H32O3. The Kier molecular flexibility index (Phi) is 4.57. The van der Waals surface area contributed by atoms with E-state index < -0.39 is 11.2 Å². The molecule has 2 aliphatic rings. The van der Waals surface area contributed by atoms with Crippen molar-refractivity contribution in [3.8, 4) is 0 Å². The molecule has 2 rings (SSSR count). The van der Waals surface area contributed by atoms with Gasteiger partial charge in [-0.2, -0.15) is 0 Å². The summed E-state index contributed by atoms with van der Waals surface area (Å²) in [4.78, 5) is 13.3. The third-order valence-electron chi connectivity index (χ3n) is 5.34. The van der Waals surface area contributed by atoms with E-state index in [9.17, 15) is 4.79 Å². The highest BCUT2D eigenvalue weighted by atomic mass is 16.5. The number of carbonyl (C=O) groups excluding carboxylic acids is 1. The molecule has 3 nitrogen and oxygen atoms in total. The predicted octanol–water partition coefficient (Wildman–Crippen LogP) is 4.13. The molecule has 3 heteroatoms. The van der Waals surface area contributed by atoms with Crippen molar-refractivity contribution in [3.05, 3.63) is 0 Å². The monoisotopic (exact) mass is 296 g/mol. The summed E-state index contributed by atoms with van der Waals surface area (Å²) in [5.41, 5.74) is -1.18. The first-order valence-electron chi connectivity index (χ1n) is 8.50. The summed E-state index contributed by atoms with van der Waals surface area (Å²) >= 11 is 0. The second kappa shape index (κ2) is 5.66. The summed E-state index contributed by atoms with van der Waals surface area (Å²) in [5.74, 6) is 0.926. The molecule has 1 aliphatic carbocycles. The van der Waals surface area contributed by atoms with Crippen LogP contribution in [-0.4, -0.2) is 29.2 Å². The lowest BCUT2D eigenvalue weighted by molar-refractivity contribution is -0.160. The Labute approximate surface area is 129 Å². The lowest BCUT2D eigenvalue weighted by Gasteiger charge is -2.41. The van der Waals surface area contributed by atoms with Crippen LogP contribution < -0.4 is 0 Å². The number of hydrogen-bond donors (Lipinski definition) is 0. The highest BCUT2D eigenvalue weighted by molar-refractivity contribution is 5.91. The van der Waals surface area contributed by atoms with Crippen molar-refractivity contribution in [1.82, 2.24) is 0 Å². The van der Waals surface area contributed by atoms with Crippen LogP contribution in [0.25, 0.3) is 0 Å². The topological polar surface area (TPSA) is 35.5 Å². The second-order valence-electron chi connectivity index (χ2n) is 8.20. The summed E-state index contributed by atoms with van der Waals surface area (Å²) in [6.45, 7) is 13.1. The minimum absolute atomic E-state index is 0.0625. The van der Waals surface area contributed by atoms with Gasteiger partial charge in [0.25, 0.3) is 0 Å². The first-order valence-corrected chi connectivity index (χ1v) is 8.50. The van der Waals surface area contributed by atoms with Crippen LogP contribution in [0.1, 0.15) is 73.6 Å². The van der Waals surface area contributed by atoms with Gasteiger partial charge in [-0.05, 0) is 72.6 Å². The molecule has 0 aromatic rings. The van der Waals surface area contributed by atoms with Crippen LogP contribution in [-0.2, 0) is 14.3 Å². The summed E-state index contributed by atoms with van der Waals surface area (Å²) in [6, 6.07) is 0. The number of Topliss-reactive ketones (excluding diaryl/α,β-unsaturated/α-hetero) is 1. The van der Waals surface area contributed by atoms with Gasteiger partial charge in [0, 0.05) is 6.61 Å². The fourth-order valence-corrected chi connectivity index (χ4v) is 4.25. The van der Waals surface area contributed by atoms with Crippen molar-refractivity contribution >= 4 is 5.78 Å². The molecule has 1 heterocycles. The highest BCUT2D eigenvalue weighted by Crippen LogP contribution is 2.47. The van der Waals surface area contributed by atoms with Gasteiger partial charge >= 0.3 is 0 Å². The molecule has 0 spiro atoms. The second-order valence-corrected chi connectivity index (χ2v) is 8.20. The van der Waals surface area contributed by atoms with E-state index >= 15 is 0 Å². The van der Waals surface area contributed by atoms with Crippen molar-refractivity contribution < 1.29 is 14.3 Å². The van der Waals surface area contributed by atoms with Gasteiger partial charge in [-0.25, -0.2) is 0 Å². The first kappa shape index (κ1) is 17.0. The van der Waals surface area contributed by atoms with E-state index in [1.807, 2.05) is 6.92 Å². The Bertz CT molecular complexity index is 389. The molecule has 1 atom stereocenters. The third kappa shape index (κ3) is 3.34. The van der Waals surface area contributed by atoms with Crippen molar-refractivity contribution in [2.24, 2.45) is 11.8 Å². The van der Waals surface area contributed by atoms with E-state index in [2.05, 4.69) is 34.6 Å². The fraction of sp³-hybridized carbons (Fsp3) is 0.944. The molecule has 0 amide bonds. The molecule has 0 aromatic carbocycles. The standard InChI is InChI=1S/C18H32O3/c1-7-20-18(10-8-13(2)9-11-18)15(19)14-12-16(3,4)21-17(14,5)6/h13-14H,7-12H2,1-6H3. The van der Waals surface area contributed by atoms with Crippen LogP contribution in [0.3, 0.4) is 0 Å². The Morgan fingerprint density at radius 1 is 1.19 bits per heavy atom. The van der Waals surface area contributed by atoms with Gasteiger partial charge < -0.3 is 9.47 Å². The number of ketones is 1. The molecule has 0 aromatic heterocycles. The van der Waals surface area contributed by atoms with Crippen LogP contribution in [0.5, 0.6) is 0 Å². The van der Waals surface area contributed by atoms with Gasteiger partial charge in [0.2, 0.25) is 0 Å². The molecule has 1 aliphatic heterocycles. The minimum Gasteiger partial charge on any atom is -0.369 e. The van der Waals surface area contributed by atoms with Crippen LogP contribution in [0, 0.1) is 11.8 Å². The Balaban J connectivity index is 2.23. The van der Waals surface area contributed by atoms with Gasteiger partial charge in [-0.15, -0.1) is 0 Å². The van der Waals surface area contributed by atoms with Crippen LogP contribution >= 0.6 is 0 Å². The van der Waals surface area contributed by atoms with E-state index in [0.717, 1.165) is 32.1 Å². The minimum atomic E-state index is -0.563. The summed E-state index contributed by atoms with van der Waals surface area (Å²) < 4.78 is 12.2. The van der Waals surface area contributed by atoms with Crippen LogP contribution in [0.4, 0.5) is 0 Å². The number of ether oxygens (including phenoxy) is 2. The van der Waals surface area contributed by atoms with E-state index in [1.165, 1.54) is 0 Å².